The van der Waals surface area contributed by atoms with E-state index in [1.165, 1.54) is 16.4 Å². The number of rotatable bonds is 7. The molecule has 27 heavy (non-hydrogen) atoms. The Kier molecular flexibility index (Phi) is 6.36. The summed E-state index contributed by atoms with van der Waals surface area (Å²) in [7, 11) is 1.62. The SMILES string of the molecule is COc1ccc(CNC(=O)CSc2nnc(-c3ccccc3Br)n2N)cc1. The molecule has 0 aliphatic heterocycles. The number of ether oxygens (including phenoxy) is 1. The van der Waals surface area contributed by atoms with Gasteiger partial charge in [0, 0.05) is 16.6 Å². The number of halogens is 1. The van der Waals surface area contributed by atoms with Crippen LogP contribution in [0.25, 0.3) is 11.4 Å². The number of nitrogen functional groups attached to an aromatic ring is 1. The van der Waals surface area contributed by atoms with Gasteiger partial charge in [0.05, 0.1) is 12.9 Å². The maximum atomic E-state index is 12.1. The van der Waals surface area contributed by atoms with Gasteiger partial charge < -0.3 is 15.9 Å². The molecule has 9 heteroatoms. The molecule has 0 atom stereocenters. The third-order valence-corrected chi connectivity index (χ3v) is 5.39. The number of benzene rings is 2. The van der Waals surface area contributed by atoms with Crippen molar-refractivity contribution in [2.24, 2.45) is 0 Å². The number of carbonyl (C=O) groups excluding carboxylic acids is 1. The van der Waals surface area contributed by atoms with Gasteiger partial charge in [0.2, 0.25) is 11.1 Å². The Hall–Kier alpha value is -2.52. The number of hydrogen-bond acceptors (Lipinski definition) is 6. The minimum Gasteiger partial charge on any atom is -0.497 e. The first-order valence-corrected chi connectivity index (χ1v) is 9.84. The number of nitrogens with one attached hydrogen (secondary N) is 1. The molecule has 0 spiro atoms. The molecular formula is C18H18BrN5O2S. The highest BCUT2D eigenvalue weighted by Gasteiger charge is 2.15. The lowest BCUT2D eigenvalue weighted by atomic mass is 10.2. The summed E-state index contributed by atoms with van der Waals surface area (Å²) >= 11 is 4.71. The van der Waals surface area contributed by atoms with Gasteiger partial charge in [0.15, 0.2) is 5.82 Å². The van der Waals surface area contributed by atoms with Crippen LogP contribution in [0.5, 0.6) is 5.75 Å². The Morgan fingerprint density at radius 2 is 1.96 bits per heavy atom. The number of thioether (sulfide) groups is 1. The molecule has 1 aromatic heterocycles. The lowest BCUT2D eigenvalue weighted by molar-refractivity contribution is -0.118. The van der Waals surface area contributed by atoms with Crippen molar-refractivity contribution in [2.45, 2.75) is 11.7 Å². The van der Waals surface area contributed by atoms with Gasteiger partial charge in [-0.15, -0.1) is 10.2 Å². The van der Waals surface area contributed by atoms with Crippen LogP contribution in [0.4, 0.5) is 0 Å². The van der Waals surface area contributed by atoms with E-state index in [0.29, 0.717) is 17.5 Å². The highest BCUT2D eigenvalue weighted by atomic mass is 79.9. The van der Waals surface area contributed by atoms with Crippen molar-refractivity contribution < 1.29 is 9.53 Å². The number of hydrogen-bond donors (Lipinski definition) is 2. The second-order valence-electron chi connectivity index (χ2n) is 5.57. The van der Waals surface area contributed by atoms with Gasteiger partial charge in [0.1, 0.15) is 5.75 Å². The minimum atomic E-state index is -0.110. The van der Waals surface area contributed by atoms with Crippen molar-refractivity contribution >= 4 is 33.6 Å². The summed E-state index contributed by atoms with van der Waals surface area (Å²) in [6.07, 6.45) is 0. The summed E-state index contributed by atoms with van der Waals surface area (Å²) in [6.45, 7) is 0.445. The predicted molar refractivity (Wildman–Crippen MR) is 109 cm³/mol. The normalized spacial score (nSPS) is 10.6. The van der Waals surface area contributed by atoms with E-state index in [1.807, 2.05) is 48.5 Å². The zero-order valence-electron chi connectivity index (χ0n) is 14.6. The van der Waals surface area contributed by atoms with Crippen LogP contribution in [0.1, 0.15) is 5.56 Å². The lowest BCUT2D eigenvalue weighted by Crippen LogP contribution is -2.25. The number of nitrogens with zero attached hydrogens (tertiary/aromatic N) is 3. The number of carbonyl (C=O) groups is 1. The van der Waals surface area contributed by atoms with Gasteiger partial charge in [-0.1, -0.05) is 52.0 Å². The summed E-state index contributed by atoms with van der Waals surface area (Å²) < 4.78 is 7.38. The van der Waals surface area contributed by atoms with Crippen LogP contribution in [-0.4, -0.2) is 33.6 Å². The highest BCUT2D eigenvalue weighted by Crippen LogP contribution is 2.27. The number of nitrogens with two attached hydrogens (primary N) is 1. The number of methoxy groups -OCH3 is 1. The van der Waals surface area contributed by atoms with Gasteiger partial charge >= 0.3 is 0 Å². The zero-order valence-corrected chi connectivity index (χ0v) is 17.0. The minimum absolute atomic E-state index is 0.110. The molecule has 2 aromatic carbocycles. The van der Waals surface area contributed by atoms with E-state index in [0.717, 1.165) is 21.3 Å². The Morgan fingerprint density at radius 3 is 2.67 bits per heavy atom. The summed E-state index contributed by atoms with van der Waals surface area (Å²) in [4.78, 5) is 12.1. The van der Waals surface area contributed by atoms with Gasteiger partial charge in [-0.25, -0.2) is 4.68 Å². The molecule has 1 heterocycles. The number of aromatic nitrogens is 3. The zero-order chi connectivity index (χ0) is 19.2. The monoisotopic (exact) mass is 447 g/mol. The van der Waals surface area contributed by atoms with E-state index in [4.69, 9.17) is 10.6 Å². The average molecular weight is 448 g/mol. The van der Waals surface area contributed by atoms with E-state index >= 15 is 0 Å². The van der Waals surface area contributed by atoms with Gasteiger partial charge in [-0.3, -0.25) is 4.79 Å². The second kappa shape index (κ2) is 8.92. The van der Waals surface area contributed by atoms with Crippen LogP contribution < -0.4 is 15.9 Å². The van der Waals surface area contributed by atoms with Crippen molar-refractivity contribution in [2.75, 3.05) is 18.7 Å². The van der Waals surface area contributed by atoms with Crippen LogP contribution in [-0.2, 0) is 11.3 Å². The van der Waals surface area contributed by atoms with Crippen LogP contribution >= 0.6 is 27.7 Å². The Bertz CT molecular complexity index is 930. The maximum Gasteiger partial charge on any atom is 0.230 e. The summed E-state index contributed by atoms with van der Waals surface area (Å²) in [5, 5.41) is 11.5. The first kappa shape index (κ1) is 19.2. The fraction of sp³-hybridized carbons (Fsp3) is 0.167. The molecular weight excluding hydrogens is 430 g/mol. The summed E-state index contributed by atoms with van der Waals surface area (Å²) in [5.41, 5.74) is 1.83. The van der Waals surface area contributed by atoms with Crippen LogP contribution in [0.3, 0.4) is 0 Å². The van der Waals surface area contributed by atoms with Crippen molar-refractivity contribution in [1.29, 1.82) is 0 Å². The summed E-state index contributed by atoms with van der Waals surface area (Å²) in [6, 6.07) is 15.1. The largest absolute Gasteiger partial charge is 0.497 e. The van der Waals surface area contributed by atoms with Crippen molar-refractivity contribution in [3.8, 4) is 17.1 Å². The third kappa shape index (κ3) is 4.81. The maximum absolute atomic E-state index is 12.1. The molecule has 0 saturated carbocycles. The Morgan fingerprint density at radius 1 is 1.22 bits per heavy atom. The van der Waals surface area contributed by atoms with Crippen molar-refractivity contribution in [3.63, 3.8) is 0 Å². The molecule has 3 aromatic rings. The number of amides is 1. The first-order chi connectivity index (χ1) is 13.1. The Balaban J connectivity index is 1.55. The molecule has 0 aliphatic carbocycles. The van der Waals surface area contributed by atoms with E-state index in [-0.39, 0.29) is 11.7 Å². The molecule has 0 bridgehead atoms. The molecule has 0 fully saturated rings. The third-order valence-electron chi connectivity index (χ3n) is 3.76. The van der Waals surface area contributed by atoms with Crippen molar-refractivity contribution in [3.05, 3.63) is 58.6 Å². The first-order valence-electron chi connectivity index (χ1n) is 8.06. The van der Waals surface area contributed by atoms with Crippen LogP contribution in [0.15, 0.2) is 58.2 Å². The smallest absolute Gasteiger partial charge is 0.230 e. The van der Waals surface area contributed by atoms with E-state index < -0.39 is 0 Å². The molecule has 0 radical (unpaired) electrons. The standard InChI is InChI=1S/C18H18BrN5O2S/c1-26-13-8-6-12(7-9-13)10-21-16(25)11-27-18-23-22-17(24(18)20)14-4-2-3-5-15(14)19/h2-9H,10-11,20H2,1H3,(H,21,25). The molecule has 140 valence electrons. The lowest BCUT2D eigenvalue weighted by Gasteiger charge is -2.07. The van der Waals surface area contributed by atoms with E-state index in [1.54, 1.807) is 7.11 Å². The molecule has 0 unspecified atom stereocenters. The predicted octanol–water partition coefficient (Wildman–Crippen LogP) is 2.84. The Labute approximate surface area is 169 Å². The van der Waals surface area contributed by atoms with E-state index in [9.17, 15) is 4.79 Å². The highest BCUT2D eigenvalue weighted by molar-refractivity contribution is 9.10. The van der Waals surface area contributed by atoms with Gasteiger partial charge in [-0.2, -0.15) is 0 Å². The summed E-state index contributed by atoms with van der Waals surface area (Å²) in [5.74, 6) is 7.49. The van der Waals surface area contributed by atoms with Gasteiger partial charge in [-0.05, 0) is 29.8 Å². The van der Waals surface area contributed by atoms with E-state index in [2.05, 4.69) is 31.4 Å². The van der Waals surface area contributed by atoms with Crippen molar-refractivity contribution in [1.82, 2.24) is 20.2 Å². The molecule has 0 saturated heterocycles. The second-order valence-corrected chi connectivity index (χ2v) is 7.37. The molecule has 3 N–H and O–H groups in total. The van der Waals surface area contributed by atoms with Crippen LogP contribution in [0, 0.1) is 0 Å². The average Bonchev–Trinajstić information content (AvgIpc) is 3.06. The fourth-order valence-electron chi connectivity index (χ4n) is 2.33. The molecule has 1 amide bonds. The molecule has 7 nitrogen and oxygen atoms in total. The molecule has 0 aliphatic rings. The van der Waals surface area contributed by atoms with Gasteiger partial charge in [0.25, 0.3) is 0 Å². The molecule has 3 rings (SSSR count). The fourth-order valence-corrected chi connectivity index (χ4v) is 3.48. The quantitative estimate of drug-likeness (QED) is 0.427. The topological polar surface area (TPSA) is 95.1 Å². The van der Waals surface area contributed by atoms with Crippen LogP contribution in [0.2, 0.25) is 0 Å².